The maximum atomic E-state index is 9.64. The molecule has 0 N–H and O–H groups in total. The molecule has 0 atom stereocenters. The smallest absolute Gasteiger partial charge is 0.283 e. The summed E-state index contributed by atoms with van der Waals surface area (Å²) in [5.74, 6) is 0. The second-order valence-electron chi connectivity index (χ2n) is 1.68. The molecule has 0 radical (unpaired) electrons. The minimum Gasteiger partial charge on any atom is -0.283 e. The first-order valence-electron chi connectivity index (χ1n) is 3.04. The van der Waals surface area contributed by atoms with Crippen LogP contribution in [0.2, 0.25) is 0 Å². The summed E-state index contributed by atoms with van der Waals surface area (Å²) in [6, 6.07) is 5.72. The van der Waals surface area contributed by atoms with Gasteiger partial charge in [0.05, 0.1) is 0 Å². The van der Waals surface area contributed by atoms with Gasteiger partial charge in [0.25, 0.3) is 0 Å². The van der Waals surface area contributed by atoms with Gasteiger partial charge in [-0.15, -0.1) is 0 Å². The molecule has 2 rings (SSSR count). The molecule has 0 spiro atoms. The molecule has 12 heavy (non-hydrogen) atoms. The SMILES string of the molecule is O=[PH]1OCO1.[Ni].c1ccncc1. The summed E-state index contributed by atoms with van der Waals surface area (Å²) in [5.41, 5.74) is 0. The molecule has 1 aromatic rings. The number of rotatable bonds is 0. The van der Waals surface area contributed by atoms with Crippen LogP contribution in [-0.4, -0.2) is 11.8 Å². The minimum absolute atomic E-state index is 0. The van der Waals surface area contributed by atoms with E-state index >= 15 is 0 Å². The van der Waals surface area contributed by atoms with E-state index in [0.717, 1.165) is 0 Å². The summed E-state index contributed by atoms with van der Waals surface area (Å²) in [4.78, 5) is 3.78. The van der Waals surface area contributed by atoms with Crippen LogP contribution in [-0.2, 0) is 30.1 Å². The Labute approximate surface area is 81.2 Å². The van der Waals surface area contributed by atoms with Gasteiger partial charge in [-0.25, -0.2) is 0 Å². The van der Waals surface area contributed by atoms with Crippen molar-refractivity contribution in [1.29, 1.82) is 0 Å². The van der Waals surface area contributed by atoms with Gasteiger partial charge in [0.2, 0.25) is 0 Å². The average molecular weight is 232 g/mol. The van der Waals surface area contributed by atoms with Crippen molar-refractivity contribution < 1.29 is 30.1 Å². The first kappa shape index (κ1) is 11.8. The monoisotopic (exact) mass is 231 g/mol. The van der Waals surface area contributed by atoms with E-state index in [1.54, 1.807) is 12.4 Å². The van der Waals surface area contributed by atoms with Crippen LogP contribution in [0.5, 0.6) is 0 Å². The molecule has 2 heterocycles. The Kier molecular flexibility index (Phi) is 7.32. The maximum Gasteiger partial charge on any atom is 0.323 e. The van der Waals surface area contributed by atoms with Crippen molar-refractivity contribution in [2.75, 3.05) is 6.79 Å². The molecule has 4 nitrogen and oxygen atoms in total. The third-order valence-electron chi connectivity index (χ3n) is 0.920. The van der Waals surface area contributed by atoms with Gasteiger partial charge >= 0.3 is 8.25 Å². The number of hydrogen-bond acceptors (Lipinski definition) is 4. The summed E-state index contributed by atoms with van der Waals surface area (Å²) in [5, 5.41) is 0. The van der Waals surface area contributed by atoms with Gasteiger partial charge in [0.1, 0.15) is 0 Å². The fourth-order valence-electron chi connectivity index (χ4n) is 0.420. The van der Waals surface area contributed by atoms with E-state index in [0.29, 0.717) is 0 Å². The van der Waals surface area contributed by atoms with Crippen LogP contribution in [0.1, 0.15) is 0 Å². The Morgan fingerprint density at radius 1 is 1.17 bits per heavy atom. The maximum absolute atomic E-state index is 9.64. The van der Waals surface area contributed by atoms with Gasteiger partial charge in [-0.05, 0) is 12.1 Å². The van der Waals surface area contributed by atoms with Crippen LogP contribution in [0.4, 0.5) is 0 Å². The number of hydrogen-bond donors (Lipinski definition) is 0. The Bertz CT molecular complexity index is 189. The largest absolute Gasteiger partial charge is 0.323 e. The molecule has 0 bridgehead atoms. The van der Waals surface area contributed by atoms with E-state index < -0.39 is 8.25 Å². The van der Waals surface area contributed by atoms with Crippen molar-refractivity contribution in [2.45, 2.75) is 0 Å². The van der Waals surface area contributed by atoms with E-state index in [4.69, 9.17) is 0 Å². The second-order valence-corrected chi connectivity index (χ2v) is 2.76. The summed E-state index contributed by atoms with van der Waals surface area (Å²) in [6.45, 7) is 0.220. The zero-order valence-electron chi connectivity index (χ0n) is 6.08. The Morgan fingerprint density at radius 3 is 1.75 bits per heavy atom. The van der Waals surface area contributed by atoms with Crippen molar-refractivity contribution in [1.82, 2.24) is 4.98 Å². The molecule has 0 amide bonds. The Balaban J connectivity index is 0.000000189. The first-order valence-corrected chi connectivity index (χ1v) is 4.26. The molecule has 1 aliphatic rings. The van der Waals surface area contributed by atoms with E-state index in [-0.39, 0.29) is 23.3 Å². The minimum atomic E-state index is -1.94. The fraction of sp³-hybridized carbons (Fsp3) is 0.167. The quantitative estimate of drug-likeness (QED) is 0.501. The Hall–Kier alpha value is -0.206. The van der Waals surface area contributed by atoms with Crippen molar-refractivity contribution in [3.8, 4) is 0 Å². The summed E-state index contributed by atoms with van der Waals surface area (Å²) in [6.07, 6.45) is 3.50. The normalized spacial score (nSPS) is 14.7. The standard InChI is InChI=1S/C5H5N.CH3O3P.Ni/c1-2-4-6-5-3-1;2-5-3-1-4-5;/h1-5H;5H,1H2;. The fourth-order valence-corrected chi connectivity index (χ4v) is 0.634. The molecule has 1 saturated heterocycles. The molecular formula is C6H8NNiO3P. The van der Waals surface area contributed by atoms with Crippen LogP contribution in [0.3, 0.4) is 0 Å². The van der Waals surface area contributed by atoms with E-state index in [9.17, 15) is 4.57 Å². The summed E-state index contributed by atoms with van der Waals surface area (Å²) >= 11 is 0. The molecule has 0 aliphatic carbocycles. The number of pyridine rings is 1. The van der Waals surface area contributed by atoms with Crippen molar-refractivity contribution in [2.24, 2.45) is 0 Å². The van der Waals surface area contributed by atoms with Crippen LogP contribution in [0, 0.1) is 0 Å². The third kappa shape index (κ3) is 5.44. The molecule has 70 valence electrons. The van der Waals surface area contributed by atoms with Crippen molar-refractivity contribution in [3.63, 3.8) is 0 Å². The summed E-state index contributed by atoms with van der Waals surface area (Å²) < 4.78 is 18.1. The predicted octanol–water partition coefficient (Wildman–Crippen LogP) is 1.46. The van der Waals surface area contributed by atoms with Crippen molar-refractivity contribution >= 4 is 8.25 Å². The van der Waals surface area contributed by atoms with Gasteiger partial charge in [0, 0.05) is 28.9 Å². The zero-order valence-corrected chi connectivity index (χ0v) is 8.07. The van der Waals surface area contributed by atoms with Gasteiger partial charge < -0.3 is 0 Å². The van der Waals surface area contributed by atoms with Crippen LogP contribution >= 0.6 is 8.25 Å². The topological polar surface area (TPSA) is 48.4 Å². The Morgan fingerprint density at radius 2 is 1.67 bits per heavy atom. The van der Waals surface area contributed by atoms with Crippen LogP contribution < -0.4 is 0 Å². The van der Waals surface area contributed by atoms with Gasteiger partial charge in [-0.2, -0.15) is 0 Å². The van der Waals surface area contributed by atoms with Gasteiger partial charge in [0.15, 0.2) is 6.79 Å². The van der Waals surface area contributed by atoms with Crippen molar-refractivity contribution in [3.05, 3.63) is 30.6 Å². The van der Waals surface area contributed by atoms with E-state index in [2.05, 4.69) is 14.0 Å². The summed E-state index contributed by atoms with van der Waals surface area (Å²) in [7, 11) is -1.94. The molecule has 6 heteroatoms. The molecule has 1 aromatic heterocycles. The number of nitrogens with zero attached hydrogens (tertiary/aromatic N) is 1. The van der Waals surface area contributed by atoms with Crippen LogP contribution in [0.15, 0.2) is 30.6 Å². The predicted molar refractivity (Wildman–Crippen MR) is 40.3 cm³/mol. The third-order valence-corrected chi connectivity index (χ3v) is 1.63. The molecule has 1 aliphatic heterocycles. The van der Waals surface area contributed by atoms with E-state index in [1.807, 2.05) is 18.2 Å². The molecule has 0 unspecified atom stereocenters. The van der Waals surface area contributed by atoms with E-state index in [1.165, 1.54) is 0 Å². The number of aromatic nitrogens is 1. The second kappa shape index (κ2) is 7.44. The first-order chi connectivity index (χ1) is 5.39. The van der Waals surface area contributed by atoms with Gasteiger partial charge in [-0.3, -0.25) is 18.6 Å². The molecular weight excluding hydrogens is 224 g/mol. The van der Waals surface area contributed by atoms with Crippen LogP contribution in [0.25, 0.3) is 0 Å². The zero-order chi connectivity index (χ0) is 7.94. The van der Waals surface area contributed by atoms with Gasteiger partial charge in [-0.1, -0.05) is 6.07 Å². The molecule has 0 saturated carbocycles. The molecule has 1 fully saturated rings. The molecule has 0 aromatic carbocycles. The average Bonchev–Trinajstić information content (AvgIpc) is 2.05.